The summed E-state index contributed by atoms with van der Waals surface area (Å²) in [5.74, 6) is 0.366. The molecule has 4 heteroatoms. The van der Waals surface area contributed by atoms with Gasteiger partial charge < -0.3 is 10.2 Å². The molecule has 1 aliphatic rings. The summed E-state index contributed by atoms with van der Waals surface area (Å²) < 4.78 is 0. The zero-order valence-corrected chi connectivity index (χ0v) is 13.0. The number of carbonyl (C=O) groups excluding carboxylic acids is 2. The normalized spacial score (nSPS) is 20.5. The molecule has 0 saturated carbocycles. The number of piperidine rings is 1. The summed E-state index contributed by atoms with van der Waals surface area (Å²) in [5, 5.41) is 2.85. The predicted molar refractivity (Wildman–Crippen MR) is 76.7 cm³/mol. The predicted octanol–water partition coefficient (Wildman–Crippen LogP) is 2.19. The lowest BCUT2D eigenvalue weighted by Crippen LogP contribution is -2.55. The van der Waals surface area contributed by atoms with E-state index in [1.165, 1.54) is 0 Å². The van der Waals surface area contributed by atoms with Crippen LogP contribution in [-0.2, 0) is 9.59 Å². The fraction of sp³-hybridized carbons (Fsp3) is 0.867. The van der Waals surface area contributed by atoms with Crippen LogP contribution in [0.5, 0.6) is 0 Å². The smallest absolute Gasteiger partial charge is 0.242 e. The molecule has 2 amide bonds. The molecule has 19 heavy (non-hydrogen) atoms. The zero-order valence-electron chi connectivity index (χ0n) is 13.0. The Morgan fingerprint density at radius 2 is 1.95 bits per heavy atom. The average molecular weight is 268 g/mol. The summed E-state index contributed by atoms with van der Waals surface area (Å²) in [6.45, 7) is 11.3. The van der Waals surface area contributed by atoms with Crippen LogP contribution in [0.2, 0.25) is 0 Å². The van der Waals surface area contributed by atoms with Gasteiger partial charge in [0.15, 0.2) is 0 Å². The van der Waals surface area contributed by atoms with E-state index in [-0.39, 0.29) is 23.8 Å². The van der Waals surface area contributed by atoms with Crippen molar-refractivity contribution < 1.29 is 9.59 Å². The zero-order chi connectivity index (χ0) is 14.6. The summed E-state index contributed by atoms with van der Waals surface area (Å²) in [6.07, 6.45) is 2.80. The number of nitrogens with one attached hydrogen (secondary N) is 1. The molecule has 0 aromatic rings. The van der Waals surface area contributed by atoms with Gasteiger partial charge in [0.1, 0.15) is 6.04 Å². The van der Waals surface area contributed by atoms with E-state index in [0.29, 0.717) is 13.1 Å². The number of hydrogen-bond acceptors (Lipinski definition) is 2. The van der Waals surface area contributed by atoms with Crippen LogP contribution in [-0.4, -0.2) is 35.8 Å². The highest BCUT2D eigenvalue weighted by atomic mass is 16.2. The van der Waals surface area contributed by atoms with Crippen LogP contribution in [0.1, 0.15) is 53.9 Å². The molecule has 0 bridgehead atoms. The maximum absolute atomic E-state index is 12.7. The van der Waals surface area contributed by atoms with Crippen molar-refractivity contribution in [2.24, 2.45) is 11.3 Å². The number of hydrogen-bond donors (Lipinski definition) is 1. The maximum Gasteiger partial charge on any atom is 0.242 e. The van der Waals surface area contributed by atoms with Gasteiger partial charge in [-0.25, -0.2) is 0 Å². The molecule has 1 aliphatic heterocycles. The Kier molecular flexibility index (Phi) is 5.39. The highest BCUT2D eigenvalue weighted by Gasteiger charge is 2.40. The first-order valence-electron chi connectivity index (χ1n) is 7.41. The van der Waals surface area contributed by atoms with Gasteiger partial charge in [-0.2, -0.15) is 0 Å². The Balaban J connectivity index is 2.88. The summed E-state index contributed by atoms with van der Waals surface area (Å²) in [5.41, 5.74) is -0.415. The van der Waals surface area contributed by atoms with Crippen LogP contribution in [0.3, 0.4) is 0 Å². The molecule has 110 valence electrons. The van der Waals surface area contributed by atoms with Crippen LogP contribution < -0.4 is 5.32 Å². The van der Waals surface area contributed by atoms with Crippen molar-refractivity contribution in [2.75, 3.05) is 13.1 Å². The molecule has 0 radical (unpaired) electrons. The van der Waals surface area contributed by atoms with Crippen LogP contribution >= 0.6 is 0 Å². The molecule has 1 atom stereocenters. The van der Waals surface area contributed by atoms with Crippen molar-refractivity contribution >= 4 is 11.8 Å². The minimum absolute atomic E-state index is 0.00453. The Morgan fingerprint density at radius 1 is 1.32 bits per heavy atom. The molecule has 4 nitrogen and oxygen atoms in total. The van der Waals surface area contributed by atoms with Gasteiger partial charge in [0.2, 0.25) is 11.8 Å². The minimum atomic E-state index is -0.415. The molecular formula is C15H28N2O2. The first-order chi connectivity index (χ1) is 8.82. The number of nitrogens with zero attached hydrogens (tertiary/aromatic N) is 1. The third-order valence-corrected chi connectivity index (χ3v) is 4.41. The molecular weight excluding hydrogens is 240 g/mol. The van der Waals surface area contributed by atoms with E-state index in [4.69, 9.17) is 0 Å². The fourth-order valence-electron chi connectivity index (χ4n) is 2.36. The Morgan fingerprint density at radius 3 is 2.47 bits per heavy atom. The van der Waals surface area contributed by atoms with E-state index in [2.05, 4.69) is 19.2 Å². The Labute approximate surface area is 116 Å². The molecule has 1 rings (SSSR count). The third kappa shape index (κ3) is 3.48. The van der Waals surface area contributed by atoms with Crippen LogP contribution in [0.4, 0.5) is 0 Å². The van der Waals surface area contributed by atoms with Gasteiger partial charge in [-0.1, -0.05) is 27.7 Å². The molecule has 1 unspecified atom stereocenters. The van der Waals surface area contributed by atoms with Crippen LogP contribution in [0.25, 0.3) is 0 Å². The summed E-state index contributed by atoms with van der Waals surface area (Å²) in [7, 11) is 0. The highest BCUT2D eigenvalue weighted by molar-refractivity contribution is 5.90. The van der Waals surface area contributed by atoms with Crippen molar-refractivity contribution in [3.05, 3.63) is 0 Å². The number of rotatable bonds is 4. The lowest BCUT2D eigenvalue weighted by molar-refractivity contribution is -0.151. The largest absolute Gasteiger partial charge is 0.355 e. The fourth-order valence-corrected chi connectivity index (χ4v) is 2.36. The number of likely N-dealkylation sites (N-methyl/N-ethyl adjacent to an activating group) is 1. The third-order valence-electron chi connectivity index (χ3n) is 4.41. The van der Waals surface area contributed by atoms with E-state index >= 15 is 0 Å². The van der Waals surface area contributed by atoms with Crippen molar-refractivity contribution in [2.45, 2.75) is 59.9 Å². The van der Waals surface area contributed by atoms with Gasteiger partial charge in [0.05, 0.1) is 0 Å². The molecule has 0 aromatic carbocycles. The van der Waals surface area contributed by atoms with Gasteiger partial charge in [0.25, 0.3) is 0 Å². The molecule has 0 spiro atoms. The van der Waals surface area contributed by atoms with Gasteiger partial charge in [-0.15, -0.1) is 0 Å². The molecule has 1 saturated heterocycles. The second kappa shape index (κ2) is 6.40. The molecule has 0 aromatic heterocycles. The summed E-state index contributed by atoms with van der Waals surface area (Å²) in [4.78, 5) is 26.6. The number of carbonyl (C=O) groups is 2. The topological polar surface area (TPSA) is 49.4 Å². The lowest BCUT2D eigenvalue weighted by atomic mass is 9.79. The number of amides is 2. The summed E-state index contributed by atoms with van der Waals surface area (Å²) in [6, 6.07) is -0.278. The van der Waals surface area contributed by atoms with Crippen molar-refractivity contribution in [1.29, 1.82) is 0 Å². The van der Waals surface area contributed by atoms with E-state index in [9.17, 15) is 9.59 Å². The monoisotopic (exact) mass is 268 g/mol. The van der Waals surface area contributed by atoms with Gasteiger partial charge in [0, 0.05) is 18.5 Å². The Bertz CT molecular complexity index is 337. The van der Waals surface area contributed by atoms with E-state index in [1.807, 2.05) is 20.8 Å². The van der Waals surface area contributed by atoms with Crippen molar-refractivity contribution in [1.82, 2.24) is 10.2 Å². The van der Waals surface area contributed by atoms with E-state index in [0.717, 1.165) is 19.3 Å². The van der Waals surface area contributed by atoms with Gasteiger partial charge >= 0.3 is 0 Å². The van der Waals surface area contributed by atoms with Gasteiger partial charge in [-0.3, -0.25) is 9.59 Å². The van der Waals surface area contributed by atoms with Crippen LogP contribution in [0, 0.1) is 11.3 Å². The van der Waals surface area contributed by atoms with E-state index in [1.54, 1.807) is 4.90 Å². The minimum Gasteiger partial charge on any atom is -0.355 e. The summed E-state index contributed by atoms with van der Waals surface area (Å²) >= 11 is 0. The second-order valence-corrected chi connectivity index (χ2v) is 6.28. The maximum atomic E-state index is 12.7. The molecule has 1 N–H and O–H groups in total. The average Bonchev–Trinajstić information content (AvgIpc) is 2.37. The lowest BCUT2D eigenvalue weighted by Gasteiger charge is -2.40. The van der Waals surface area contributed by atoms with Crippen molar-refractivity contribution in [3.63, 3.8) is 0 Å². The molecule has 1 heterocycles. The quantitative estimate of drug-likeness (QED) is 0.849. The molecule has 0 aliphatic carbocycles. The first-order valence-corrected chi connectivity index (χ1v) is 7.41. The molecule has 1 fully saturated rings. The van der Waals surface area contributed by atoms with Crippen molar-refractivity contribution in [3.8, 4) is 0 Å². The van der Waals surface area contributed by atoms with Crippen LogP contribution in [0.15, 0.2) is 0 Å². The number of likely N-dealkylation sites (tertiary alicyclic amines) is 1. The standard InChI is InChI=1S/C15H28N2O2/c1-6-16-13(18)12-9-7-8-10-17(12)14(19)15(4,5)11(2)3/h11-12H,6-10H2,1-5H3,(H,16,18). The van der Waals surface area contributed by atoms with Gasteiger partial charge in [-0.05, 0) is 32.1 Å². The Hall–Kier alpha value is -1.06. The SMILES string of the molecule is CCNC(=O)C1CCCCN1C(=O)C(C)(C)C(C)C. The van der Waals surface area contributed by atoms with E-state index < -0.39 is 5.41 Å². The highest BCUT2D eigenvalue weighted by Crippen LogP contribution is 2.31. The second-order valence-electron chi connectivity index (χ2n) is 6.28. The first kappa shape index (κ1) is 16.0.